The number of rotatable bonds is 76. The summed E-state index contributed by atoms with van der Waals surface area (Å²) >= 11 is 0. The van der Waals surface area contributed by atoms with E-state index in [1.54, 1.807) is 0 Å². The predicted molar refractivity (Wildman–Crippen MR) is 418 cm³/mol. The molecule has 2 atom stereocenters. The van der Waals surface area contributed by atoms with Crippen LogP contribution in [-0.4, -0.2) is 74.9 Å². The molecule has 0 spiro atoms. The average molecular weight is 1360 g/mol. The number of unbranched alkanes of at least 4 members (excludes halogenated alkanes) is 46. The molecule has 0 saturated heterocycles. The first-order chi connectivity index (χ1) is 47.0. The van der Waals surface area contributed by atoms with Crippen molar-refractivity contribution in [3.63, 3.8) is 0 Å². The van der Waals surface area contributed by atoms with Gasteiger partial charge in [0, 0.05) is 12.8 Å². The number of carbonyl (C=O) groups is 2. The minimum absolute atomic E-state index is 0.0327. The van der Waals surface area contributed by atoms with Crippen LogP contribution in [-0.2, 0) is 32.7 Å². The molecule has 0 bridgehead atoms. The third kappa shape index (κ3) is 79.9. The van der Waals surface area contributed by atoms with E-state index in [1.165, 1.54) is 270 Å². The number of likely N-dealkylation sites (N-methyl/N-ethyl adjacent to an activating group) is 1. The lowest BCUT2D eigenvalue weighted by Crippen LogP contribution is -2.37. The van der Waals surface area contributed by atoms with Crippen molar-refractivity contribution >= 4 is 19.8 Å². The van der Waals surface area contributed by atoms with Gasteiger partial charge in [-0.15, -0.1) is 0 Å². The molecule has 0 saturated carbocycles. The molecular weight excluding hydrogens is 1210 g/mol. The molecule has 558 valence electrons. The second kappa shape index (κ2) is 76.1. The molecule has 0 rings (SSSR count). The predicted octanol–water partition coefficient (Wildman–Crippen LogP) is 27.4. The second-order valence-corrected chi connectivity index (χ2v) is 30.2. The SMILES string of the molecule is CC/C=C\C/C=C\C/C=C\C/C=C\CCCCCCCCCCCCCCCCCCCCCCCCCCC(=O)OC(COC(=O)CCCCCCCCCCCCCCCCCCCCCCCC/C=C\C/C=C\C/C=C\C/C=C\CC)COP(=O)(O)OCC[N+](C)(C)C. The van der Waals surface area contributed by atoms with Crippen LogP contribution in [0.5, 0.6) is 0 Å². The quantitative estimate of drug-likeness (QED) is 0.0211. The van der Waals surface area contributed by atoms with Crippen molar-refractivity contribution in [2.75, 3.05) is 47.5 Å². The first kappa shape index (κ1) is 92.9. The molecule has 0 aliphatic heterocycles. The van der Waals surface area contributed by atoms with Crippen molar-refractivity contribution in [2.45, 2.75) is 392 Å². The summed E-state index contributed by atoms with van der Waals surface area (Å²) in [5, 5.41) is 0. The molecule has 0 aliphatic carbocycles. The number of phosphoric ester groups is 1. The van der Waals surface area contributed by atoms with E-state index in [1.807, 2.05) is 21.1 Å². The number of ether oxygens (including phenoxy) is 2. The minimum Gasteiger partial charge on any atom is -0.462 e. The van der Waals surface area contributed by atoms with Crippen LogP contribution in [0.4, 0.5) is 0 Å². The van der Waals surface area contributed by atoms with Gasteiger partial charge in [0.05, 0.1) is 27.7 Å². The molecule has 0 amide bonds. The maximum Gasteiger partial charge on any atom is 0.472 e. The van der Waals surface area contributed by atoms with E-state index >= 15 is 0 Å². The molecule has 9 nitrogen and oxygen atoms in total. The Hall–Kier alpha value is -3.07. The summed E-state index contributed by atoms with van der Waals surface area (Å²) in [5.74, 6) is -0.776. The summed E-state index contributed by atoms with van der Waals surface area (Å²) in [6.07, 6.45) is 107. The lowest BCUT2D eigenvalue weighted by atomic mass is 10.0. The van der Waals surface area contributed by atoms with Crippen molar-refractivity contribution in [1.29, 1.82) is 0 Å². The highest BCUT2D eigenvalue weighted by atomic mass is 31.2. The van der Waals surface area contributed by atoms with Gasteiger partial charge in [0.1, 0.15) is 19.8 Å². The highest BCUT2D eigenvalue weighted by Crippen LogP contribution is 2.43. The van der Waals surface area contributed by atoms with Crippen molar-refractivity contribution in [2.24, 2.45) is 0 Å². The van der Waals surface area contributed by atoms with Crippen molar-refractivity contribution in [1.82, 2.24) is 0 Å². The molecule has 1 N–H and O–H groups in total. The van der Waals surface area contributed by atoms with E-state index in [-0.39, 0.29) is 25.6 Å². The number of carbonyl (C=O) groups excluding carboxylic acids is 2. The van der Waals surface area contributed by atoms with Gasteiger partial charge in [0.15, 0.2) is 6.10 Å². The number of quaternary nitrogens is 1. The van der Waals surface area contributed by atoms with E-state index in [0.29, 0.717) is 23.9 Å². The minimum atomic E-state index is -4.40. The normalized spacial score (nSPS) is 13.5. The fourth-order valence-electron chi connectivity index (χ4n) is 11.9. The van der Waals surface area contributed by atoms with Crippen LogP contribution < -0.4 is 0 Å². The molecule has 10 heteroatoms. The lowest BCUT2D eigenvalue weighted by Gasteiger charge is -2.24. The van der Waals surface area contributed by atoms with Gasteiger partial charge in [0.2, 0.25) is 0 Å². The zero-order chi connectivity index (χ0) is 69.7. The van der Waals surface area contributed by atoms with E-state index in [9.17, 15) is 19.0 Å². The van der Waals surface area contributed by atoms with Crippen LogP contribution in [0.1, 0.15) is 386 Å². The molecule has 0 aliphatic rings. The van der Waals surface area contributed by atoms with Gasteiger partial charge < -0.3 is 18.9 Å². The molecular formula is C86H157NO8P+. The first-order valence-corrected chi connectivity index (χ1v) is 42.5. The number of hydrogen-bond acceptors (Lipinski definition) is 7. The molecule has 0 aromatic rings. The van der Waals surface area contributed by atoms with E-state index in [2.05, 4.69) is 111 Å². The smallest absolute Gasteiger partial charge is 0.462 e. The molecule has 2 unspecified atom stereocenters. The molecule has 0 radical (unpaired) electrons. The topological polar surface area (TPSA) is 108 Å². The lowest BCUT2D eigenvalue weighted by molar-refractivity contribution is -0.870. The fourth-order valence-corrected chi connectivity index (χ4v) is 12.7. The third-order valence-electron chi connectivity index (χ3n) is 18.1. The Labute approximate surface area is 595 Å². The molecule has 96 heavy (non-hydrogen) atoms. The van der Waals surface area contributed by atoms with Gasteiger partial charge in [0.25, 0.3) is 0 Å². The summed E-state index contributed by atoms with van der Waals surface area (Å²) in [4.78, 5) is 36.0. The zero-order valence-corrected chi connectivity index (χ0v) is 64.7. The fraction of sp³-hybridized carbons (Fsp3) is 0.791. The van der Waals surface area contributed by atoms with Crippen LogP contribution in [0.3, 0.4) is 0 Å². The Morgan fingerprint density at radius 2 is 0.562 bits per heavy atom. The Morgan fingerprint density at radius 3 is 0.833 bits per heavy atom. The van der Waals surface area contributed by atoms with Crippen molar-refractivity contribution < 1.29 is 42.1 Å². The van der Waals surface area contributed by atoms with Gasteiger partial charge in [-0.3, -0.25) is 18.6 Å². The van der Waals surface area contributed by atoms with E-state index < -0.39 is 26.5 Å². The number of allylic oxidation sites excluding steroid dienone is 16. The second-order valence-electron chi connectivity index (χ2n) is 28.7. The van der Waals surface area contributed by atoms with Crippen LogP contribution >= 0.6 is 7.82 Å². The molecule has 0 aromatic heterocycles. The summed E-state index contributed by atoms with van der Waals surface area (Å²) < 4.78 is 34.9. The van der Waals surface area contributed by atoms with E-state index in [0.717, 1.165) is 83.5 Å². The highest BCUT2D eigenvalue weighted by Gasteiger charge is 2.27. The maximum atomic E-state index is 12.9. The number of phosphoric acid groups is 1. The number of nitrogens with zero attached hydrogens (tertiary/aromatic N) is 1. The van der Waals surface area contributed by atoms with Gasteiger partial charge in [-0.05, 0) is 89.9 Å². The van der Waals surface area contributed by atoms with E-state index in [4.69, 9.17) is 18.5 Å². The Bertz CT molecular complexity index is 1940. The largest absolute Gasteiger partial charge is 0.472 e. The summed E-state index contributed by atoms with van der Waals surface area (Å²) in [6.45, 7) is 4.27. The summed E-state index contributed by atoms with van der Waals surface area (Å²) in [5.41, 5.74) is 0. The highest BCUT2D eigenvalue weighted by molar-refractivity contribution is 7.47. The van der Waals surface area contributed by atoms with Gasteiger partial charge >= 0.3 is 19.8 Å². The Balaban J connectivity index is 3.90. The molecule has 0 aromatic carbocycles. The van der Waals surface area contributed by atoms with Gasteiger partial charge in [-0.2, -0.15) is 0 Å². The van der Waals surface area contributed by atoms with Crippen molar-refractivity contribution in [3.8, 4) is 0 Å². The van der Waals surface area contributed by atoms with Crippen LogP contribution in [0.15, 0.2) is 97.2 Å². The summed E-state index contributed by atoms with van der Waals surface area (Å²) in [7, 11) is 1.49. The third-order valence-corrected chi connectivity index (χ3v) is 19.1. The van der Waals surface area contributed by atoms with Crippen LogP contribution in [0, 0.1) is 0 Å². The van der Waals surface area contributed by atoms with Gasteiger partial charge in [-0.25, -0.2) is 4.57 Å². The zero-order valence-electron chi connectivity index (χ0n) is 63.9. The summed E-state index contributed by atoms with van der Waals surface area (Å²) in [6, 6.07) is 0. The van der Waals surface area contributed by atoms with Gasteiger partial charge in [-0.1, -0.05) is 381 Å². The number of esters is 2. The van der Waals surface area contributed by atoms with Crippen LogP contribution in [0.25, 0.3) is 0 Å². The first-order valence-electron chi connectivity index (χ1n) is 41.0. The Morgan fingerprint density at radius 1 is 0.323 bits per heavy atom. The van der Waals surface area contributed by atoms with Crippen LogP contribution in [0.2, 0.25) is 0 Å². The molecule has 0 heterocycles. The average Bonchev–Trinajstić information content (AvgIpc) is 2.72. The Kier molecular flexibility index (Phi) is 73.7. The maximum absolute atomic E-state index is 12.9. The molecule has 0 fully saturated rings. The number of hydrogen-bond donors (Lipinski definition) is 1. The van der Waals surface area contributed by atoms with Crippen molar-refractivity contribution in [3.05, 3.63) is 97.2 Å². The standard InChI is InChI=1S/C86H156NO8P/c1-6-8-10-12-14-16-18-20-22-24-26-28-30-32-34-36-38-40-42-43-45-47-49-51-53-55-57-59-61-63-65-67-69-71-73-75-77-79-86(89)95-84(83-94-96(90,91)93-81-80-87(3,4)5)82-92-85(88)78-76-74-72-70-68-66-64-62-60-58-56-54-52-50-48-46-44-41-39-37-35-33-31-29-27-25-23-21-19-17-15-13-11-9-7-2/h8-11,14-17,20-23,26-29,84H,6-7,12-13,18-19,24-25,30-83H2,1-5H3/p+1/b10-8-,11-9-,16-14-,17-15-,22-20-,23-21-,28-26-,29-27-. The monoisotopic (exact) mass is 1360 g/mol.